The summed E-state index contributed by atoms with van der Waals surface area (Å²) < 4.78 is 32.4. The number of hydrogen-bond donors (Lipinski definition) is 3. The van der Waals surface area contributed by atoms with Crippen LogP contribution in [0.4, 0.5) is 4.79 Å². The van der Waals surface area contributed by atoms with Gasteiger partial charge in [0, 0.05) is 17.0 Å². The van der Waals surface area contributed by atoms with Crippen molar-refractivity contribution in [1.29, 1.82) is 0 Å². The Bertz CT molecular complexity index is 868. The second kappa shape index (κ2) is 9.51. The number of hydrogen-bond acceptors (Lipinski definition) is 6. The third-order valence-corrected chi connectivity index (χ3v) is 7.65. The molecule has 0 radical (unpaired) electrons. The second-order valence-corrected chi connectivity index (χ2v) is 11.4. The van der Waals surface area contributed by atoms with Crippen molar-refractivity contribution < 1.29 is 23.4 Å². The fourth-order valence-electron chi connectivity index (χ4n) is 3.15. The Hall–Kier alpha value is -1.87. The van der Waals surface area contributed by atoms with E-state index in [1.54, 1.807) is 23.9 Å². The Balaban J connectivity index is 1.62. The number of alkyl carbamates (subject to hydrolysis) is 1. The first-order chi connectivity index (χ1) is 14.2. The molecule has 8 heteroatoms. The third kappa shape index (κ3) is 6.07. The topological polar surface area (TPSA) is 88.0 Å². The van der Waals surface area contributed by atoms with Crippen LogP contribution < -0.4 is 10.1 Å². The second-order valence-electron chi connectivity index (χ2n) is 8.05. The summed E-state index contributed by atoms with van der Waals surface area (Å²) in [6, 6.07) is 15.3. The van der Waals surface area contributed by atoms with Crippen molar-refractivity contribution in [1.82, 2.24) is 5.32 Å². The minimum Gasteiger partial charge on any atom is -0.493 e. The summed E-state index contributed by atoms with van der Waals surface area (Å²) in [5, 5.41) is 2.62. The van der Waals surface area contributed by atoms with Crippen LogP contribution in [0.25, 0.3) is 0 Å². The van der Waals surface area contributed by atoms with E-state index in [0.717, 1.165) is 10.5 Å². The van der Waals surface area contributed by atoms with Gasteiger partial charge in [0.1, 0.15) is 11.4 Å². The van der Waals surface area contributed by atoms with Crippen LogP contribution in [0.2, 0.25) is 0 Å². The fraction of sp³-hybridized carbons (Fsp3) is 0.409. The normalized spacial score (nSPS) is 18.4. The number of nitrogens with one attached hydrogen (secondary N) is 1. The zero-order valence-electron chi connectivity index (χ0n) is 17.5. The van der Waals surface area contributed by atoms with E-state index in [4.69, 9.17) is 9.47 Å². The van der Waals surface area contributed by atoms with Gasteiger partial charge in [-0.25, -0.2) is 4.79 Å². The molecule has 1 aliphatic rings. The zero-order valence-corrected chi connectivity index (χ0v) is 19.1. The van der Waals surface area contributed by atoms with Crippen molar-refractivity contribution in [3.05, 3.63) is 54.1 Å². The van der Waals surface area contributed by atoms with Crippen molar-refractivity contribution in [2.75, 3.05) is 18.9 Å². The van der Waals surface area contributed by atoms with Gasteiger partial charge >= 0.3 is 6.09 Å². The van der Waals surface area contributed by atoms with Crippen molar-refractivity contribution in [3.8, 4) is 5.75 Å². The molecule has 30 heavy (non-hydrogen) atoms. The number of amides is 1. The van der Waals surface area contributed by atoms with E-state index in [0.29, 0.717) is 30.2 Å². The zero-order chi connectivity index (χ0) is 21.8. The largest absolute Gasteiger partial charge is 0.493 e. The average Bonchev–Trinajstić information content (AvgIpc) is 2.92. The number of carbonyl (C=O) groups excluding carboxylic acids is 1. The minimum absolute atomic E-state index is 0.0940. The predicted octanol–water partition coefficient (Wildman–Crippen LogP) is 5.94. The molecule has 0 aromatic heterocycles. The van der Waals surface area contributed by atoms with Gasteiger partial charge in [0.15, 0.2) is 0 Å². The molecule has 0 saturated carbocycles. The molecule has 2 aromatic rings. The molecule has 3 rings (SSSR count). The van der Waals surface area contributed by atoms with E-state index in [9.17, 15) is 13.9 Å². The molecular formula is C22H29NO5S2. The summed E-state index contributed by atoms with van der Waals surface area (Å²) in [4.78, 5) is 13.3. The van der Waals surface area contributed by atoms with Crippen LogP contribution in [-0.2, 0) is 4.74 Å². The Morgan fingerprint density at radius 1 is 1.17 bits per heavy atom. The van der Waals surface area contributed by atoms with Crippen molar-refractivity contribution >= 4 is 28.4 Å². The fourth-order valence-corrected chi connectivity index (χ4v) is 6.73. The molecule has 0 fully saturated rings. The van der Waals surface area contributed by atoms with Gasteiger partial charge in [-0.1, -0.05) is 24.3 Å². The third-order valence-electron chi connectivity index (χ3n) is 4.35. The standard InChI is InChI=1S/C22H29NO5S2/c1-22(2,3)28-21(24)23-13-8-14-27-17-11-7-12-19-20(17)18(15-30(19,25)26)29-16-9-5-4-6-10-16/h4-7,9-12,18,25-26H,8,13-15H2,1-3H3,(H,23,24). The number of thioether (sulfide) groups is 1. The molecule has 0 aliphatic carbocycles. The lowest BCUT2D eigenvalue weighted by atomic mass is 10.1. The van der Waals surface area contributed by atoms with E-state index in [2.05, 4.69) is 5.32 Å². The smallest absolute Gasteiger partial charge is 0.407 e. The summed E-state index contributed by atoms with van der Waals surface area (Å²) in [5.74, 6) is 0.943. The van der Waals surface area contributed by atoms with Gasteiger partial charge in [0.25, 0.3) is 0 Å². The summed E-state index contributed by atoms with van der Waals surface area (Å²) in [6.45, 7) is 6.29. The SMILES string of the molecule is CC(C)(C)OC(=O)NCCCOc1cccc2c1C(Sc1ccccc1)CS2(O)O. The molecule has 0 bridgehead atoms. The summed E-state index contributed by atoms with van der Waals surface area (Å²) in [7, 11) is -2.84. The van der Waals surface area contributed by atoms with Crippen molar-refractivity contribution in [2.24, 2.45) is 0 Å². The van der Waals surface area contributed by atoms with Gasteiger partial charge in [-0.3, -0.25) is 9.11 Å². The highest BCUT2D eigenvalue weighted by atomic mass is 32.3. The van der Waals surface area contributed by atoms with Gasteiger partial charge < -0.3 is 14.8 Å². The molecule has 1 heterocycles. The Morgan fingerprint density at radius 3 is 2.60 bits per heavy atom. The van der Waals surface area contributed by atoms with Gasteiger partial charge in [-0.05, 0) is 51.5 Å². The lowest BCUT2D eigenvalue weighted by Crippen LogP contribution is -2.33. The van der Waals surface area contributed by atoms with E-state index < -0.39 is 22.3 Å². The maximum absolute atomic E-state index is 11.7. The average molecular weight is 452 g/mol. The maximum atomic E-state index is 11.7. The molecule has 0 spiro atoms. The molecule has 1 amide bonds. The van der Waals surface area contributed by atoms with Crippen LogP contribution in [0.5, 0.6) is 5.75 Å². The predicted molar refractivity (Wildman–Crippen MR) is 122 cm³/mol. The maximum Gasteiger partial charge on any atom is 0.407 e. The molecule has 3 N–H and O–H groups in total. The monoisotopic (exact) mass is 451 g/mol. The van der Waals surface area contributed by atoms with E-state index >= 15 is 0 Å². The minimum atomic E-state index is -2.84. The number of benzene rings is 2. The molecule has 164 valence electrons. The van der Waals surface area contributed by atoms with Crippen LogP contribution in [0.1, 0.15) is 38.0 Å². The van der Waals surface area contributed by atoms with Gasteiger partial charge in [-0.2, -0.15) is 10.6 Å². The highest BCUT2D eigenvalue weighted by Crippen LogP contribution is 2.64. The summed E-state index contributed by atoms with van der Waals surface area (Å²) >= 11 is 1.61. The number of rotatable bonds is 7. The van der Waals surface area contributed by atoms with E-state index in [1.807, 2.05) is 57.2 Å². The van der Waals surface area contributed by atoms with Crippen molar-refractivity contribution in [2.45, 2.75) is 47.8 Å². The summed E-state index contributed by atoms with van der Waals surface area (Å²) in [6.07, 6.45) is 0.159. The lowest BCUT2D eigenvalue weighted by molar-refractivity contribution is 0.0525. The number of fused-ring (bicyclic) bond motifs is 1. The van der Waals surface area contributed by atoms with Gasteiger partial charge in [0.2, 0.25) is 0 Å². The van der Waals surface area contributed by atoms with Crippen LogP contribution >= 0.6 is 22.4 Å². The first-order valence-electron chi connectivity index (χ1n) is 9.86. The Kier molecular flexibility index (Phi) is 7.23. The lowest BCUT2D eigenvalue weighted by Gasteiger charge is -2.27. The van der Waals surface area contributed by atoms with Gasteiger partial charge in [0.05, 0.1) is 22.5 Å². The van der Waals surface area contributed by atoms with Gasteiger partial charge in [-0.15, -0.1) is 11.8 Å². The Morgan fingerprint density at radius 2 is 1.90 bits per heavy atom. The van der Waals surface area contributed by atoms with Crippen LogP contribution in [0, 0.1) is 0 Å². The molecule has 1 aliphatic heterocycles. The van der Waals surface area contributed by atoms with Crippen LogP contribution in [0.15, 0.2) is 58.3 Å². The summed E-state index contributed by atoms with van der Waals surface area (Å²) in [5.41, 5.74) is 0.325. The molecule has 1 unspecified atom stereocenters. The molecule has 2 aromatic carbocycles. The number of ether oxygens (including phenoxy) is 2. The molecule has 0 saturated heterocycles. The molecular weight excluding hydrogens is 422 g/mol. The number of carbonyl (C=O) groups is 1. The molecule has 1 atom stereocenters. The van der Waals surface area contributed by atoms with Crippen LogP contribution in [0.3, 0.4) is 0 Å². The van der Waals surface area contributed by atoms with Crippen LogP contribution in [-0.4, -0.2) is 39.7 Å². The first-order valence-corrected chi connectivity index (χ1v) is 12.5. The van der Waals surface area contributed by atoms with Crippen molar-refractivity contribution in [3.63, 3.8) is 0 Å². The first kappa shape index (κ1) is 22.8. The van der Waals surface area contributed by atoms with E-state index in [1.165, 1.54) is 0 Å². The molecule has 6 nitrogen and oxygen atoms in total. The highest BCUT2D eigenvalue weighted by Gasteiger charge is 2.38. The Labute approximate surface area is 183 Å². The quantitative estimate of drug-likeness (QED) is 0.452. The van der Waals surface area contributed by atoms with E-state index in [-0.39, 0.29) is 11.0 Å². The highest BCUT2D eigenvalue weighted by molar-refractivity contribution is 8.25.